The summed E-state index contributed by atoms with van der Waals surface area (Å²) in [6, 6.07) is 11.4. The number of aldehydes is 1. The van der Waals surface area contributed by atoms with Crippen molar-refractivity contribution in [2.24, 2.45) is 0 Å². The van der Waals surface area contributed by atoms with Crippen LogP contribution in [-0.2, 0) is 11.2 Å². The number of halogens is 1. The maximum Gasteiger partial charge on any atom is 0.287 e. The molecule has 1 atom stereocenters. The van der Waals surface area contributed by atoms with Crippen molar-refractivity contribution < 1.29 is 14.0 Å². The number of nitrogens with one attached hydrogen (secondary N) is 1. The predicted molar refractivity (Wildman–Crippen MR) is 86.5 cm³/mol. The lowest BCUT2D eigenvalue weighted by molar-refractivity contribution is -0.109. The van der Waals surface area contributed by atoms with E-state index in [9.17, 15) is 9.59 Å². The lowest BCUT2D eigenvalue weighted by atomic mass is 10.1. The number of carbonyl (C=O) groups is 2. The van der Waals surface area contributed by atoms with Crippen LogP contribution in [0.3, 0.4) is 0 Å². The Balaban J connectivity index is 1.74. The molecule has 0 aliphatic heterocycles. The summed E-state index contributed by atoms with van der Waals surface area (Å²) in [5.41, 5.74) is 1.29. The van der Waals surface area contributed by atoms with Crippen LogP contribution >= 0.6 is 11.6 Å². The minimum atomic E-state index is -0.672. The highest BCUT2D eigenvalue weighted by molar-refractivity contribution is 6.31. The molecule has 0 bridgehead atoms. The summed E-state index contributed by atoms with van der Waals surface area (Å²) in [7, 11) is 0. The van der Waals surface area contributed by atoms with Crippen LogP contribution in [-0.4, -0.2) is 23.2 Å². The number of aromatic nitrogens is 1. The molecule has 0 aliphatic rings. The summed E-state index contributed by atoms with van der Waals surface area (Å²) in [5.74, 6) is -0.319. The molecule has 1 amide bonds. The Morgan fingerprint density at radius 1 is 1.30 bits per heavy atom. The maximum atomic E-state index is 12.2. The highest BCUT2D eigenvalue weighted by Crippen LogP contribution is 2.23. The van der Waals surface area contributed by atoms with Crippen molar-refractivity contribution in [1.82, 2.24) is 10.3 Å². The molecule has 0 radical (unpaired) electrons. The van der Waals surface area contributed by atoms with Gasteiger partial charge >= 0.3 is 0 Å². The van der Waals surface area contributed by atoms with Gasteiger partial charge in [0.2, 0.25) is 0 Å². The normalized spacial score (nSPS) is 12.0. The number of nitrogens with zero attached hydrogens (tertiary/aromatic N) is 1. The fraction of sp³-hybridized carbons (Fsp3) is 0.118. The molecule has 0 fully saturated rings. The summed E-state index contributed by atoms with van der Waals surface area (Å²) in [6.45, 7) is 0. The minimum absolute atomic E-state index is 0.134. The van der Waals surface area contributed by atoms with Gasteiger partial charge < -0.3 is 14.5 Å². The average Bonchev–Trinajstić information content (AvgIpc) is 2.98. The van der Waals surface area contributed by atoms with E-state index in [-0.39, 0.29) is 5.76 Å². The van der Waals surface area contributed by atoms with Gasteiger partial charge in [0.05, 0.1) is 6.04 Å². The Kier molecular flexibility index (Phi) is 4.39. The fourth-order valence-electron chi connectivity index (χ4n) is 2.24. The summed E-state index contributed by atoms with van der Waals surface area (Å²) >= 11 is 5.91. The van der Waals surface area contributed by atoms with Crippen molar-refractivity contribution in [2.75, 3.05) is 0 Å². The van der Waals surface area contributed by atoms with Crippen LogP contribution in [0, 0.1) is 0 Å². The first-order valence-corrected chi connectivity index (χ1v) is 7.38. The van der Waals surface area contributed by atoms with Gasteiger partial charge in [0, 0.05) is 28.7 Å². The van der Waals surface area contributed by atoms with Gasteiger partial charge in [-0.2, -0.15) is 0 Å². The molecule has 3 aromatic rings. The van der Waals surface area contributed by atoms with Crippen LogP contribution in [0.4, 0.5) is 0 Å². The number of fused-ring (bicyclic) bond motifs is 1. The number of benzene rings is 1. The molecule has 0 spiro atoms. The number of hydrogen-bond acceptors (Lipinski definition) is 4. The molecule has 2 aromatic heterocycles. The topological polar surface area (TPSA) is 72.2 Å². The monoisotopic (exact) mass is 328 g/mol. The summed E-state index contributed by atoms with van der Waals surface area (Å²) in [5, 5.41) is 3.93. The molecule has 0 unspecified atom stereocenters. The first-order valence-electron chi connectivity index (χ1n) is 7.01. The molecular weight excluding hydrogens is 316 g/mol. The molecule has 0 saturated carbocycles. The first-order chi connectivity index (χ1) is 11.2. The van der Waals surface area contributed by atoms with Crippen molar-refractivity contribution in [3.8, 4) is 0 Å². The average molecular weight is 329 g/mol. The lowest BCUT2D eigenvalue weighted by Gasteiger charge is -2.10. The van der Waals surface area contributed by atoms with E-state index in [1.807, 2.05) is 6.07 Å². The number of hydrogen-bond donors (Lipinski definition) is 1. The molecule has 116 valence electrons. The second kappa shape index (κ2) is 6.62. The van der Waals surface area contributed by atoms with E-state index in [1.165, 1.54) is 0 Å². The molecule has 2 heterocycles. The zero-order valence-electron chi connectivity index (χ0n) is 12.0. The third-order valence-electron chi connectivity index (χ3n) is 3.34. The predicted octanol–water partition coefficient (Wildman–Crippen LogP) is 3.02. The highest BCUT2D eigenvalue weighted by Gasteiger charge is 2.17. The van der Waals surface area contributed by atoms with Gasteiger partial charge in [-0.15, -0.1) is 0 Å². The van der Waals surface area contributed by atoms with Crippen LogP contribution < -0.4 is 5.32 Å². The Labute approximate surface area is 137 Å². The van der Waals surface area contributed by atoms with E-state index in [4.69, 9.17) is 16.0 Å². The van der Waals surface area contributed by atoms with Crippen LogP contribution in [0.1, 0.15) is 16.2 Å². The van der Waals surface area contributed by atoms with Crippen molar-refractivity contribution in [2.45, 2.75) is 12.5 Å². The molecule has 5 nitrogen and oxygen atoms in total. The van der Waals surface area contributed by atoms with Crippen LogP contribution in [0.5, 0.6) is 0 Å². The zero-order valence-corrected chi connectivity index (χ0v) is 12.8. The number of furan rings is 1. The molecule has 1 N–H and O–H groups in total. The molecular formula is C17H13ClN2O3. The Morgan fingerprint density at radius 2 is 2.17 bits per heavy atom. The van der Waals surface area contributed by atoms with Gasteiger partial charge in [-0.25, -0.2) is 0 Å². The maximum absolute atomic E-state index is 12.2. The second-order valence-electron chi connectivity index (χ2n) is 5.03. The Hall–Kier alpha value is -2.66. The third-order valence-corrected chi connectivity index (χ3v) is 3.57. The number of carbonyl (C=O) groups excluding carboxylic acids is 2. The van der Waals surface area contributed by atoms with Gasteiger partial charge in [-0.05, 0) is 36.4 Å². The smallest absolute Gasteiger partial charge is 0.287 e. The molecule has 0 saturated heterocycles. The Morgan fingerprint density at radius 3 is 2.91 bits per heavy atom. The largest absolute Gasteiger partial charge is 0.451 e. The van der Waals surface area contributed by atoms with E-state index < -0.39 is 11.9 Å². The molecule has 1 aromatic carbocycles. The summed E-state index contributed by atoms with van der Waals surface area (Å²) in [4.78, 5) is 27.6. The fourth-order valence-corrected chi connectivity index (χ4v) is 2.42. The van der Waals surface area contributed by atoms with Gasteiger partial charge in [0.15, 0.2) is 5.76 Å². The third kappa shape index (κ3) is 3.57. The van der Waals surface area contributed by atoms with E-state index in [0.717, 1.165) is 11.1 Å². The quantitative estimate of drug-likeness (QED) is 0.731. The number of pyridine rings is 1. The first kappa shape index (κ1) is 15.2. The van der Waals surface area contributed by atoms with Gasteiger partial charge in [-0.3, -0.25) is 9.78 Å². The molecule has 6 heteroatoms. The SMILES string of the molecule is O=C[C@H](Cc1ccccn1)NC(=O)c1cc2cc(Cl)ccc2o1. The number of amides is 1. The van der Waals surface area contributed by atoms with Crippen molar-refractivity contribution in [3.05, 3.63) is 65.1 Å². The standard InChI is InChI=1S/C17H13ClN2O3/c18-12-4-5-15-11(7-12)8-16(23-15)17(22)20-14(10-21)9-13-3-1-2-6-19-13/h1-8,10,14H,9H2,(H,20,22)/t14-/m0/s1. The van der Waals surface area contributed by atoms with Crippen LogP contribution in [0.25, 0.3) is 11.0 Å². The molecule has 3 rings (SSSR count). The van der Waals surface area contributed by atoms with Crippen molar-refractivity contribution in [3.63, 3.8) is 0 Å². The summed E-state index contributed by atoms with van der Waals surface area (Å²) < 4.78 is 5.48. The molecule has 0 aliphatic carbocycles. The van der Waals surface area contributed by atoms with E-state index in [0.29, 0.717) is 23.3 Å². The van der Waals surface area contributed by atoms with Gasteiger partial charge in [-0.1, -0.05) is 17.7 Å². The van der Waals surface area contributed by atoms with Crippen molar-refractivity contribution >= 4 is 34.8 Å². The van der Waals surface area contributed by atoms with E-state index in [1.54, 1.807) is 42.6 Å². The lowest BCUT2D eigenvalue weighted by Crippen LogP contribution is -2.37. The number of rotatable bonds is 5. The zero-order chi connectivity index (χ0) is 16.2. The van der Waals surface area contributed by atoms with E-state index >= 15 is 0 Å². The van der Waals surface area contributed by atoms with E-state index in [2.05, 4.69) is 10.3 Å². The highest BCUT2D eigenvalue weighted by atomic mass is 35.5. The molecule has 23 heavy (non-hydrogen) atoms. The van der Waals surface area contributed by atoms with Crippen LogP contribution in [0.2, 0.25) is 5.02 Å². The van der Waals surface area contributed by atoms with Crippen molar-refractivity contribution in [1.29, 1.82) is 0 Å². The minimum Gasteiger partial charge on any atom is -0.451 e. The Bertz CT molecular complexity index is 845. The second-order valence-corrected chi connectivity index (χ2v) is 5.47. The van der Waals surface area contributed by atoms with Crippen LogP contribution in [0.15, 0.2) is 53.1 Å². The van der Waals surface area contributed by atoms with Gasteiger partial charge in [0.1, 0.15) is 11.9 Å². The summed E-state index contributed by atoms with van der Waals surface area (Å²) in [6.07, 6.45) is 2.65. The van der Waals surface area contributed by atoms with Gasteiger partial charge in [0.25, 0.3) is 5.91 Å².